The highest BCUT2D eigenvalue weighted by Crippen LogP contribution is 2.39. The second-order valence-corrected chi connectivity index (χ2v) is 12.7. The van der Waals surface area contributed by atoms with E-state index in [1.165, 1.54) is 6.08 Å². The Hall–Kier alpha value is -5.70. The van der Waals surface area contributed by atoms with Gasteiger partial charge in [0.05, 0.1) is 16.0 Å². The molecule has 1 fully saturated rings. The molecule has 1 aromatic heterocycles. The fourth-order valence-corrected chi connectivity index (χ4v) is 6.23. The van der Waals surface area contributed by atoms with E-state index in [1.807, 2.05) is 47.0 Å². The molecule has 5 aromatic rings. The maximum Gasteiger partial charge on any atom is 0.416 e. The van der Waals surface area contributed by atoms with E-state index in [2.05, 4.69) is 0 Å². The fourth-order valence-electron chi connectivity index (χ4n) is 5.40. The predicted molar refractivity (Wildman–Crippen MR) is 179 cm³/mol. The minimum atomic E-state index is -5.01. The summed E-state index contributed by atoms with van der Waals surface area (Å²) in [5, 5.41) is 9.17. The molecular weight excluding hydrogens is 714 g/mol. The number of rotatable bonds is 11. The Morgan fingerprint density at radius 3 is 1.94 bits per heavy atom. The van der Waals surface area contributed by atoms with E-state index in [0.717, 1.165) is 22.0 Å². The fraction of sp³-hybridized carbons (Fsp3) is 0.162. The van der Waals surface area contributed by atoms with Crippen molar-refractivity contribution < 1.29 is 55.3 Å². The molecule has 0 unspecified atom stereocenters. The number of carbonyl (C=O) groups excluding carboxylic acids is 2. The molecular formula is C37H26F6N2O6S. The second kappa shape index (κ2) is 14.5. The van der Waals surface area contributed by atoms with Crippen molar-refractivity contribution in [2.75, 3.05) is 6.54 Å². The van der Waals surface area contributed by atoms with Crippen molar-refractivity contribution >= 4 is 45.9 Å². The summed E-state index contributed by atoms with van der Waals surface area (Å²) >= 11 is 0.621. The van der Waals surface area contributed by atoms with E-state index in [0.29, 0.717) is 52.4 Å². The van der Waals surface area contributed by atoms with Gasteiger partial charge in [-0.25, -0.2) is 0 Å². The number of carboxylic acid groups (broad SMARTS) is 1. The minimum absolute atomic E-state index is 0.0284. The van der Waals surface area contributed by atoms with Crippen molar-refractivity contribution in [1.29, 1.82) is 0 Å². The number of fused-ring (bicyclic) bond motifs is 1. The van der Waals surface area contributed by atoms with E-state index in [9.17, 15) is 40.7 Å². The smallest absolute Gasteiger partial charge is 0.416 e. The van der Waals surface area contributed by atoms with Crippen molar-refractivity contribution in [2.45, 2.75) is 32.1 Å². The van der Waals surface area contributed by atoms with Gasteiger partial charge in [-0.05, 0) is 77.0 Å². The maximum absolute atomic E-state index is 13.3. The van der Waals surface area contributed by atoms with Gasteiger partial charge in [0.2, 0.25) is 0 Å². The number of nitrogens with zero attached hydrogens (tertiary/aromatic N) is 2. The number of imide groups is 1. The molecule has 0 aliphatic carbocycles. The van der Waals surface area contributed by atoms with Gasteiger partial charge in [0, 0.05) is 23.1 Å². The van der Waals surface area contributed by atoms with Gasteiger partial charge >= 0.3 is 18.3 Å². The number of hydrogen-bond donors (Lipinski definition) is 1. The Labute approximate surface area is 295 Å². The number of carboxylic acids is 1. The van der Waals surface area contributed by atoms with Crippen LogP contribution in [0.5, 0.6) is 11.5 Å². The number of benzene rings is 4. The number of amides is 2. The molecule has 1 N–H and O–H groups in total. The summed E-state index contributed by atoms with van der Waals surface area (Å²) in [6.07, 6.45) is -8.51. The Balaban J connectivity index is 1.26. The normalized spacial score (nSPS) is 14.4. The van der Waals surface area contributed by atoms with E-state index >= 15 is 0 Å². The molecule has 1 aliphatic rings. The Morgan fingerprint density at radius 2 is 1.33 bits per heavy atom. The first-order valence-corrected chi connectivity index (χ1v) is 16.2. The number of aromatic nitrogens is 1. The lowest BCUT2D eigenvalue weighted by atomic mass is 10.1. The van der Waals surface area contributed by atoms with Crippen molar-refractivity contribution in [3.63, 3.8) is 0 Å². The standard InChI is InChI=1S/C37H26F6N2O6S/c38-36(39,40)26-14-27(37(41,42)43)16-30(15-26)51-21-24-8-6-22(7-9-24)18-44-28(17-32-34(48)45(19-33(46)47)35(49)52-32)12-25-13-29(10-11-31(25)44)50-20-23-4-2-1-3-5-23/h1-17H,18-21H2,(H,46,47)/b32-17+. The van der Waals surface area contributed by atoms with Crippen LogP contribution in [0, 0.1) is 0 Å². The summed E-state index contributed by atoms with van der Waals surface area (Å²) in [7, 11) is 0. The number of alkyl halides is 6. The van der Waals surface area contributed by atoms with Gasteiger partial charge in [0.15, 0.2) is 0 Å². The zero-order valence-electron chi connectivity index (χ0n) is 26.7. The first kappa shape index (κ1) is 36.1. The lowest BCUT2D eigenvalue weighted by Crippen LogP contribution is -2.33. The first-order chi connectivity index (χ1) is 24.6. The Morgan fingerprint density at radius 1 is 0.731 bits per heavy atom. The number of ether oxygens (including phenoxy) is 2. The highest BCUT2D eigenvalue weighted by Gasteiger charge is 2.38. The average Bonchev–Trinajstić information content (AvgIpc) is 3.56. The third kappa shape index (κ3) is 8.42. The van der Waals surface area contributed by atoms with Crippen LogP contribution in [0.2, 0.25) is 0 Å². The molecule has 52 heavy (non-hydrogen) atoms. The summed E-state index contributed by atoms with van der Waals surface area (Å²) in [5.41, 5.74) is 0.465. The van der Waals surface area contributed by atoms with Crippen LogP contribution in [0.3, 0.4) is 0 Å². The Bertz CT molecular complexity index is 2150. The largest absolute Gasteiger partial charge is 0.489 e. The summed E-state index contributed by atoms with van der Waals surface area (Å²) in [6, 6.07) is 24.5. The molecule has 0 bridgehead atoms. The van der Waals surface area contributed by atoms with Crippen molar-refractivity contribution in [1.82, 2.24) is 9.47 Å². The molecule has 15 heteroatoms. The molecule has 0 atom stereocenters. The molecule has 0 spiro atoms. The van der Waals surface area contributed by atoms with Crippen LogP contribution < -0.4 is 9.47 Å². The van der Waals surface area contributed by atoms with Crippen LogP contribution >= 0.6 is 11.8 Å². The molecule has 1 aliphatic heterocycles. The molecule has 268 valence electrons. The number of thioether (sulfide) groups is 1. The number of aliphatic carboxylic acids is 1. The minimum Gasteiger partial charge on any atom is -0.489 e. The number of carbonyl (C=O) groups is 3. The van der Waals surface area contributed by atoms with E-state index in [-0.39, 0.29) is 24.1 Å². The van der Waals surface area contributed by atoms with E-state index in [1.54, 1.807) is 36.4 Å². The lowest BCUT2D eigenvalue weighted by Gasteiger charge is -2.15. The van der Waals surface area contributed by atoms with Gasteiger partial charge < -0.3 is 19.1 Å². The van der Waals surface area contributed by atoms with Crippen LogP contribution in [0.25, 0.3) is 17.0 Å². The first-order valence-electron chi connectivity index (χ1n) is 15.4. The van der Waals surface area contributed by atoms with Crippen LogP contribution in [0.15, 0.2) is 102 Å². The van der Waals surface area contributed by atoms with Crippen molar-refractivity contribution in [3.05, 3.63) is 135 Å². The summed E-state index contributed by atoms with van der Waals surface area (Å²) in [4.78, 5) is 37.3. The zero-order chi connectivity index (χ0) is 37.2. The molecule has 0 saturated carbocycles. The van der Waals surface area contributed by atoms with Gasteiger partial charge in [0.1, 0.15) is 31.3 Å². The predicted octanol–water partition coefficient (Wildman–Crippen LogP) is 9.01. The third-order valence-corrected chi connectivity index (χ3v) is 8.84. The van der Waals surface area contributed by atoms with Crippen LogP contribution in [-0.4, -0.2) is 38.2 Å². The van der Waals surface area contributed by atoms with Gasteiger partial charge in [-0.15, -0.1) is 0 Å². The molecule has 0 radical (unpaired) electrons. The molecule has 8 nitrogen and oxygen atoms in total. The molecule has 2 amide bonds. The summed E-state index contributed by atoms with van der Waals surface area (Å²) in [6.45, 7) is -0.527. The maximum atomic E-state index is 13.3. The van der Waals surface area contributed by atoms with Crippen LogP contribution in [0.4, 0.5) is 31.1 Å². The van der Waals surface area contributed by atoms with Gasteiger partial charge in [0.25, 0.3) is 11.1 Å². The SMILES string of the molecule is O=C(O)CN1C(=O)S/C(=C/c2cc3cc(OCc4ccccc4)ccc3n2Cc2ccc(COc3cc(C(F)(F)F)cc(C(F)(F)F)c3)cc2)C1=O. The monoisotopic (exact) mass is 740 g/mol. The number of halogens is 6. The lowest BCUT2D eigenvalue weighted by molar-refractivity contribution is -0.143. The molecule has 6 rings (SSSR count). The van der Waals surface area contributed by atoms with E-state index < -0.39 is 52.9 Å². The average molecular weight is 741 g/mol. The summed E-state index contributed by atoms with van der Waals surface area (Å²) < 4.78 is 92.8. The van der Waals surface area contributed by atoms with Crippen molar-refractivity contribution in [2.24, 2.45) is 0 Å². The van der Waals surface area contributed by atoms with Crippen LogP contribution in [0.1, 0.15) is 33.5 Å². The topological polar surface area (TPSA) is 98.1 Å². The molecule has 2 heterocycles. The van der Waals surface area contributed by atoms with E-state index in [4.69, 9.17) is 14.6 Å². The highest BCUT2D eigenvalue weighted by molar-refractivity contribution is 8.18. The number of hydrogen-bond acceptors (Lipinski definition) is 6. The summed E-state index contributed by atoms with van der Waals surface area (Å²) in [5.74, 6) is -2.09. The van der Waals surface area contributed by atoms with Crippen LogP contribution in [-0.2, 0) is 41.7 Å². The van der Waals surface area contributed by atoms with Gasteiger partial charge in [-0.3, -0.25) is 19.3 Å². The quantitative estimate of drug-likeness (QED) is 0.107. The molecule has 1 saturated heterocycles. The molecule has 4 aromatic carbocycles. The van der Waals surface area contributed by atoms with Gasteiger partial charge in [-0.2, -0.15) is 26.3 Å². The second-order valence-electron chi connectivity index (χ2n) is 11.7. The highest BCUT2D eigenvalue weighted by atomic mass is 32.2. The van der Waals surface area contributed by atoms with Crippen molar-refractivity contribution in [3.8, 4) is 11.5 Å². The Kier molecular flexibility index (Phi) is 10.1. The zero-order valence-corrected chi connectivity index (χ0v) is 27.5. The van der Waals surface area contributed by atoms with Gasteiger partial charge in [-0.1, -0.05) is 54.6 Å². The third-order valence-electron chi connectivity index (χ3n) is 7.93.